The van der Waals surface area contributed by atoms with Gasteiger partial charge in [-0.1, -0.05) is 0 Å². The maximum atomic E-state index is 10.0. The molecule has 0 aliphatic carbocycles. The zero-order chi connectivity index (χ0) is 7.99. The molecule has 2 N–H and O–H groups in total. The normalized spacial score (nSPS) is 22.6. The number of carbonyl (C=O) groups excluding carboxylic acids is 1. The molecule has 5 nitrogen and oxygen atoms in total. The molecule has 1 heterocycles. The van der Waals surface area contributed by atoms with E-state index in [2.05, 4.69) is 9.47 Å². The molecule has 0 unspecified atom stereocenters. The standard InChI is InChI=1S/C5H8O5/c1-4(2,7)5(8)9-3(6)10-5/h7-8H,1-2H3. The van der Waals surface area contributed by atoms with Crippen molar-refractivity contribution in [1.82, 2.24) is 0 Å². The fraction of sp³-hybridized carbons (Fsp3) is 0.800. The number of hydrogen-bond donors (Lipinski definition) is 2. The molecule has 1 fully saturated rings. The first-order chi connectivity index (χ1) is 4.35. The van der Waals surface area contributed by atoms with E-state index in [0.29, 0.717) is 0 Å². The van der Waals surface area contributed by atoms with Crippen molar-refractivity contribution >= 4 is 6.16 Å². The Labute approximate surface area is 57.2 Å². The van der Waals surface area contributed by atoms with Crippen LogP contribution in [-0.4, -0.2) is 27.9 Å². The second-order valence-electron chi connectivity index (χ2n) is 2.59. The predicted molar refractivity (Wildman–Crippen MR) is 28.8 cm³/mol. The van der Waals surface area contributed by atoms with Gasteiger partial charge in [0.1, 0.15) is 0 Å². The lowest BCUT2D eigenvalue weighted by Crippen LogP contribution is -2.63. The highest BCUT2D eigenvalue weighted by Crippen LogP contribution is 2.32. The van der Waals surface area contributed by atoms with Crippen molar-refractivity contribution in [2.45, 2.75) is 25.4 Å². The van der Waals surface area contributed by atoms with Crippen LogP contribution in [0, 0.1) is 0 Å². The molecule has 1 saturated heterocycles. The minimum absolute atomic E-state index is 0.982. The highest BCUT2D eigenvalue weighted by Gasteiger charge is 2.58. The number of cyclic esters (lactones) is 2. The fourth-order valence-corrected chi connectivity index (χ4v) is 0.483. The van der Waals surface area contributed by atoms with Gasteiger partial charge in [0.15, 0.2) is 5.60 Å². The van der Waals surface area contributed by atoms with Crippen LogP contribution >= 0.6 is 0 Å². The molecule has 58 valence electrons. The fourth-order valence-electron chi connectivity index (χ4n) is 0.483. The highest BCUT2D eigenvalue weighted by atomic mass is 17.0. The van der Waals surface area contributed by atoms with E-state index < -0.39 is 17.7 Å². The molecule has 1 aliphatic heterocycles. The van der Waals surface area contributed by atoms with Gasteiger partial charge in [0.25, 0.3) is 0 Å². The molecule has 5 heteroatoms. The largest absolute Gasteiger partial charge is 0.518 e. The average molecular weight is 148 g/mol. The van der Waals surface area contributed by atoms with Gasteiger partial charge < -0.3 is 19.7 Å². The summed E-state index contributed by atoms with van der Waals surface area (Å²) in [5, 5.41) is 18.1. The van der Waals surface area contributed by atoms with Crippen molar-refractivity contribution in [1.29, 1.82) is 0 Å². The molecule has 1 rings (SSSR count). The third-order valence-electron chi connectivity index (χ3n) is 1.22. The van der Waals surface area contributed by atoms with E-state index >= 15 is 0 Å². The Kier molecular flexibility index (Phi) is 1.18. The van der Waals surface area contributed by atoms with E-state index in [9.17, 15) is 4.79 Å². The van der Waals surface area contributed by atoms with Crippen molar-refractivity contribution in [3.63, 3.8) is 0 Å². The van der Waals surface area contributed by atoms with Crippen LogP contribution in [0.1, 0.15) is 13.8 Å². The van der Waals surface area contributed by atoms with Gasteiger partial charge in [0, 0.05) is 0 Å². The molecule has 0 aromatic carbocycles. The first-order valence-corrected chi connectivity index (χ1v) is 2.72. The molecule has 0 amide bonds. The van der Waals surface area contributed by atoms with Gasteiger partial charge in [0.05, 0.1) is 0 Å². The molecule has 0 aromatic heterocycles. The van der Waals surface area contributed by atoms with Gasteiger partial charge in [-0.05, 0) is 13.8 Å². The molecule has 0 aromatic rings. The second-order valence-corrected chi connectivity index (χ2v) is 2.59. The third-order valence-corrected chi connectivity index (χ3v) is 1.22. The number of rotatable bonds is 1. The minimum Gasteiger partial charge on any atom is -0.380 e. The van der Waals surface area contributed by atoms with Crippen LogP contribution in [0.4, 0.5) is 4.79 Å². The van der Waals surface area contributed by atoms with Gasteiger partial charge in [-0.2, -0.15) is 0 Å². The average Bonchev–Trinajstić information content (AvgIpc) is 1.58. The van der Waals surface area contributed by atoms with Crippen LogP contribution in [0.2, 0.25) is 0 Å². The van der Waals surface area contributed by atoms with Gasteiger partial charge in [-0.3, -0.25) is 0 Å². The first kappa shape index (κ1) is 7.30. The van der Waals surface area contributed by atoms with Crippen LogP contribution < -0.4 is 0 Å². The molecular formula is C5H8O5. The van der Waals surface area contributed by atoms with Crippen molar-refractivity contribution in [3.05, 3.63) is 0 Å². The van der Waals surface area contributed by atoms with E-state index in [1.807, 2.05) is 0 Å². The first-order valence-electron chi connectivity index (χ1n) is 2.72. The Morgan fingerprint density at radius 1 is 1.50 bits per heavy atom. The summed E-state index contributed by atoms with van der Waals surface area (Å²) in [4.78, 5) is 10.0. The van der Waals surface area contributed by atoms with Gasteiger partial charge >= 0.3 is 12.1 Å². The van der Waals surface area contributed by atoms with E-state index in [-0.39, 0.29) is 0 Å². The summed E-state index contributed by atoms with van der Waals surface area (Å²) in [6.45, 7) is 2.53. The number of aliphatic hydroxyl groups is 2. The summed E-state index contributed by atoms with van der Waals surface area (Å²) < 4.78 is 8.27. The summed E-state index contributed by atoms with van der Waals surface area (Å²) >= 11 is 0. The van der Waals surface area contributed by atoms with Crippen LogP contribution in [0.25, 0.3) is 0 Å². The summed E-state index contributed by atoms with van der Waals surface area (Å²) in [7, 11) is 0. The quantitative estimate of drug-likeness (QED) is 0.493. The molecule has 0 saturated carbocycles. The Balaban J connectivity index is 2.65. The van der Waals surface area contributed by atoms with Crippen LogP contribution in [0.5, 0.6) is 0 Å². The number of ether oxygens (including phenoxy) is 2. The number of hydrogen-bond acceptors (Lipinski definition) is 5. The monoisotopic (exact) mass is 148 g/mol. The Bertz CT molecular complexity index is 159. The Morgan fingerprint density at radius 2 is 1.90 bits per heavy atom. The molecule has 0 atom stereocenters. The lowest BCUT2D eigenvalue weighted by atomic mass is 10.1. The zero-order valence-electron chi connectivity index (χ0n) is 5.62. The zero-order valence-corrected chi connectivity index (χ0v) is 5.62. The maximum absolute atomic E-state index is 10.0. The van der Waals surface area contributed by atoms with E-state index in [1.165, 1.54) is 13.8 Å². The minimum atomic E-state index is -2.16. The molecule has 1 aliphatic rings. The number of carbonyl (C=O) groups is 1. The topological polar surface area (TPSA) is 76.0 Å². The smallest absolute Gasteiger partial charge is 0.380 e. The van der Waals surface area contributed by atoms with E-state index in [1.54, 1.807) is 0 Å². The second kappa shape index (κ2) is 1.62. The van der Waals surface area contributed by atoms with E-state index in [0.717, 1.165) is 0 Å². The summed E-state index contributed by atoms with van der Waals surface area (Å²) in [5.41, 5.74) is -1.60. The summed E-state index contributed by atoms with van der Waals surface area (Å²) in [5.74, 6) is -2.16. The predicted octanol–water partition coefficient (Wildman–Crippen LogP) is -0.430. The molecule has 0 bridgehead atoms. The molecular weight excluding hydrogens is 140 g/mol. The lowest BCUT2D eigenvalue weighted by molar-refractivity contribution is -0.440. The molecule has 10 heavy (non-hydrogen) atoms. The maximum Gasteiger partial charge on any atom is 0.518 e. The summed E-state index contributed by atoms with van der Waals surface area (Å²) in [6, 6.07) is 0. The van der Waals surface area contributed by atoms with Crippen molar-refractivity contribution < 1.29 is 24.5 Å². The SMILES string of the molecule is CC(C)(O)C1(O)OC(=O)O1. The van der Waals surface area contributed by atoms with Crippen LogP contribution in [0.15, 0.2) is 0 Å². The van der Waals surface area contributed by atoms with Crippen molar-refractivity contribution in [2.75, 3.05) is 0 Å². The molecule has 0 radical (unpaired) electrons. The highest BCUT2D eigenvalue weighted by molar-refractivity contribution is 5.65. The van der Waals surface area contributed by atoms with Crippen LogP contribution in [0.3, 0.4) is 0 Å². The van der Waals surface area contributed by atoms with Gasteiger partial charge in [-0.25, -0.2) is 4.79 Å². The van der Waals surface area contributed by atoms with Crippen molar-refractivity contribution in [2.24, 2.45) is 0 Å². The molecule has 0 spiro atoms. The van der Waals surface area contributed by atoms with E-state index in [4.69, 9.17) is 10.2 Å². The summed E-state index contributed by atoms with van der Waals surface area (Å²) in [6.07, 6.45) is -0.982. The Hall–Kier alpha value is -0.810. The van der Waals surface area contributed by atoms with Crippen molar-refractivity contribution in [3.8, 4) is 0 Å². The van der Waals surface area contributed by atoms with Gasteiger partial charge in [-0.15, -0.1) is 0 Å². The Morgan fingerprint density at radius 3 is 2.00 bits per heavy atom. The van der Waals surface area contributed by atoms with Crippen LogP contribution in [-0.2, 0) is 9.47 Å². The third kappa shape index (κ3) is 0.833. The lowest BCUT2D eigenvalue weighted by Gasteiger charge is -2.41. The van der Waals surface area contributed by atoms with Gasteiger partial charge in [0.2, 0.25) is 0 Å².